The molecule has 0 radical (unpaired) electrons. The first-order valence-electron chi connectivity index (χ1n) is 8.96. The largest absolute Gasteiger partial charge is 0.490 e. The van der Waals surface area contributed by atoms with Gasteiger partial charge in [0.05, 0.1) is 26.0 Å². The van der Waals surface area contributed by atoms with Gasteiger partial charge in [-0.2, -0.15) is 8.78 Å². The molecule has 0 aliphatic heterocycles. The normalized spacial score (nSPS) is 10.9. The Kier molecular flexibility index (Phi) is 11.6. The molecule has 0 atom stereocenters. The number of hydrogen-bond donors (Lipinski definition) is 3. The number of halogens is 3. The Labute approximate surface area is 190 Å². The standard InChI is InChI=1S/C19H24F2N4O4.HI/c1-3-27-15-8-4-6-13(17(15)29-18(20)21)10-24-19(22-2)25-12-16(26)23-11-14-7-5-9-28-14;/h4-9,18H,3,10-12H2,1-2H3,(H,23,26)(H2,22,24,25);1H. The van der Waals surface area contributed by atoms with E-state index < -0.39 is 6.61 Å². The zero-order valence-electron chi connectivity index (χ0n) is 16.6. The number of guanidine groups is 1. The van der Waals surface area contributed by atoms with Gasteiger partial charge in [-0.15, -0.1) is 24.0 Å². The number of hydrogen-bond acceptors (Lipinski definition) is 5. The van der Waals surface area contributed by atoms with Crippen molar-refractivity contribution in [3.63, 3.8) is 0 Å². The first-order chi connectivity index (χ1) is 14.0. The molecule has 30 heavy (non-hydrogen) atoms. The van der Waals surface area contributed by atoms with Crippen molar-refractivity contribution in [3.8, 4) is 11.5 Å². The fourth-order valence-corrected chi connectivity index (χ4v) is 2.42. The summed E-state index contributed by atoms with van der Waals surface area (Å²) in [4.78, 5) is 15.9. The predicted molar refractivity (Wildman–Crippen MR) is 118 cm³/mol. The predicted octanol–water partition coefficient (Wildman–Crippen LogP) is 2.88. The van der Waals surface area contributed by atoms with Crippen molar-refractivity contribution in [2.24, 2.45) is 4.99 Å². The molecule has 0 unspecified atom stereocenters. The summed E-state index contributed by atoms with van der Waals surface area (Å²) in [5.74, 6) is 0.893. The van der Waals surface area contributed by atoms with Gasteiger partial charge >= 0.3 is 6.61 Å². The van der Waals surface area contributed by atoms with Crippen LogP contribution in [0.4, 0.5) is 8.78 Å². The Morgan fingerprint density at radius 1 is 1.17 bits per heavy atom. The van der Waals surface area contributed by atoms with Crippen molar-refractivity contribution in [1.82, 2.24) is 16.0 Å². The van der Waals surface area contributed by atoms with E-state index in [2.05, 4.69) is 25.7 Å². The molecule has 1 aromatic carbocycles. The maximum absolute atomic E-state index is 12.8. The summed E-state index contributed by atoms with van der Waals surface area (Å²) in [5, 5.41) is 8.49. The SMILES string of the molecule is CCOc1cccc(CNC(=NC)NCC(=O)NCc2ccco2)c1OC(F)F.I. The van der Waals surface area contributed by atoms with Crippen LogP contribution in [0.3, 0.4) is 0 Å². The Morgan fingerprint density at radius 2 is 1.97 bits per heavy atom. The third-order valence-corrected chi connectivity index (χ3v) is 3.69. The molecule has 8 nitrogen and oxygen atoms in total. The molecule has 1 aromatic heterocycles. The van der Waals surface area contributed by atoms with E-state index in [9.17, 15) is 13.6 Å². The molecule has 166 valence electrons. The van der Waals surface area contributed by atoms with Crippen molar-refractivity contribution in [3.05, 3.63) is 47.9 Å². The molecule has 0 bridgehead atoms. The lowest BCUT2D eigenvalue weighted by molar-refractivity contribution is -0.120. The number of carbonyl (C=O) groups is 1. The first-order valence-corrected chi connectivity index (χ1v) is 8.96. The highest BCUT2D eigenvalue weighted by Gasteiger charge is 2.16. The highest BCUT2D eigenvalue weighted by atomic mass is 127. The number of carbonyl (C=O) groups excluding carboxylic acids is 1. The highest BCUT2D eigenvalue weighted by Crippen LogP contribution is 2.32. The molecule has 2 aromatic rings. The minimum atomic E-state index is -2.98. The molecule has 0 aliphatic rings. The number of furan rings is 1. The van der Waals surface area contributed by atoms with Crippen LogP contribution < -0.4 is 25.4 Å². The second-order valence-electron chi connectivity index (χ2n) is 5.69. The van der Waals surface area contributed by atoms with Crippen molar-refractivity contribution in [2.45, 2.75) is 26.6 Å². The number of benzene rings is 1. The molecule has 0 saturated heterocycles. The van der Waals surface area contributed by atoms with Crippen LogP contribution in [0, 0.1) is 0 Å². The lowest BCUT2D eigenvalue weighted by atomic mass is 10.2. The number of nitrogens with zero attached hydrogens (tertiary/aromatic N) is 1. The van der Waals surface area contributed by atoms with Crippen molar-refractivity contribution >= 4 is 35.8 Å². The maximum Gasteiger partial charge on any atom is 0.387 e. The molecule has 0 spiro atoms. The van der Waals surface area contributed by atoms with Gasteiger partial charge in [0.1, 0.15) is 5.76 Å². The number of ether oxygens (including phenoxy) is 2. The van der Waals surface area contributed by atoms with Crippen LogP contribution >= 0.6 is 24.0 Å². The number of aliphatic imine (C=N–C) groups is 1. The van der Waals surface area contributed by atoms with Crippen LogP contribution in [0.15, 0.2) is 46.0 Å². The van der Waals surface area contributed by atoms with Crippen molar-refractivity contribution < 1.29 is 27.5 Å². The van der Waals surface area contributed by atoms with Crippen LogP contribution in [-0.2, 0) is 17.9 Å². The number of rotatable bonds is 10. The summed E-state index contributed by atoms with van der Waals surface area (Å²) in [6.45, 7) is -0.535. The van der Waals surface area contributed by atoms with Crippen LogP contribution in [0.2, 0.25) is 0 Å². The average molecular weight is 538 g/mol. The third kappa shape index (κ3) is 8.43. The van der Waals surface area contributed by atoms with Gasteiger partial charge in [0, 0.05) is 19.2 Å². The quantitative estimate of drug-likeness (QED) is 0.245. The minimum absolute atomic E-state index is 0. The monoisotopic (exact) mass is 538 g/mol. The number of amides is 1. The molecule has 0 aliphatic carbocycles. The van der Waals surface area contributed by atoms with E-state index >= 15 is 0 Å². The van der Waals surface area contributed by atoms with Crippen molar-refractivity contribution in [1.29, 1.82) is 0 Å². The van der Waals surface area contributed by atoms with E-state index in [4.69, 9.17) is 9.15 Å². The Morgan fingerprint density at radius 3 is 2.60 bits per heavy atom. The summed E-state index contributed by atoms with van der Waals surface area (Å²) in [7, 11) is 1.53. The lowest BCUT2D eigenvalue weighted by Crippen LogP contribution is -2.42. The van der Waals surface area contributed by atoms with Crippen LogP contribution in [-0.4, -0.2) is 38.7 Å². The molecule has 1 amide bonds. The van der Waals surface area contributed by atoms with Crippen molar-refractivity contribution in [2.75, 3.05) is 20.2 Å². The zero-order valence-corrected chi connectivity index (χ0v) is 18.9. The summed E-state index contributed by atoms with van der Waals surface area (Å²) in [6, 6.07) is 8.36. The van der Waals surface area contributed by atoms with E-state index in [0.29, 0.717) is 23.9 Å². The van der Waals surface area contributed by atoms with E-state index in [1.807, 2.05) is 0 Å². The molecule has 11 heteroatoms. The molecular weight excluding hydrogens is 513 g/mol. The van der Waals surface area contributed by atoms with Gasteiger partial charge in [-0.1, -0.05) is 12.1 Å². The number of nitrogens with one attached hydrogen (secondary N) is 3. The Hall–Kier alpha value is -2.57. The molecule has 1 heterocycles. The van der Waals surface area contributed by atoms with E-state index in [1.165, 1.54) is 13.3 Å². The highest BCUT2D eigenvalue weighted by molar-refractivity contribution is 14.0. The molecule has 0 fully saturated rings. The number of alkyl halides is 2. The second-order valence-corrected chi connectivity index (χ2v) is 5.69. The van der Waals surface area contributed by atoms with E-state index in [-0.39, 0.29) is 61.0 Å². The lowest BCUT2D eigenvalue weighted by Gasteiger charge is -2.17. The Balaban J connectivity index is 0.00000450. The maximum atomic E-state index is 12.8. The van der Waals surface area contributed by atoms with Gasteiger partial charge in [-0.3, -0.25) is 9.79 Å². The van der Waals surface area contributed by atoms with Gasteiger partial charge in [-0.05, 0) is 25.1 Å². The first kappa shape index (κ1) is 25.5. The van der Waals surface area contributed by atoms with Crippen LogP contribution in [0.25, 0.3) is 0 Å². The third-order valence-electron chi connectivity index (χ3n) is 3.69. The van der Waals surface area contributed by atoms with Gasteiger partial charge < -0.3 is 29.8 Å². The summed E-state index contributed by atoms with van der Waals surface area (Å²) in [5.41, 5.74) is 0.460. The number of para-hydroxylation sites is 1. The molecule has 2 rings (SSSR count). The van der Waals surface area contributed by atoms with E-state index in [0.717, 1.165) is 0 Å². The molecule has 3 N–H and O–H groups in total. The van der Waals surface area contributed by atoms with Gasteiger partial charge in [-0.25, -0.2) is 0 Å². The molecule has 0 saturated carbocycles. The van der Waals surface area contributed by atoms with Gasteiger partial charge in [0.15, 0.2) is 17.5 Å². The summed E-state index contributed by atoms with van der Waals surface area (Å²) < 4.78 is 40.7. The van der Waals surface area contributed by atoms with Gasteiger partial charge in [0.2, 0.25) is 5.91 Å². The van der Waals surface area contributed by atoms with E-state index in [1.54, 1.807) is 37.3 Å². The average Bonchev–Trinajstić information content (AvgIpc) is 3.22. The smallest absolute Gasteiger partial charge is 0.387 e. The van der Waals surface area contributed by atoms with Crippen LogP contribution in [0.5, 0.6) is 11.5 Å². The van der Waals surface area contributed by atoms with Gasteiger partial charge in [0.25, 0.3) is 0 Å². The Bertz CT molecular complexity index is 804. The van der Waals surface area contributed by atoms with Crippen LogP contribution in [0.1, 0.15) is 18.2 Å². The summed E-state index contributed by atoms with van der Waals surface area (Å²) in [6.07, 6.45) is 1.53. The summed E-state index contributed by atoms with van der Waals surface area (Å²) >= 11 is 0. The minimum Gasteiger partial charge on any atom is -0.490 e. The molecular formula is C19H25F2IN4O4. The fraction of sp³-hybridized carbons (Fsp3) is 0.368. The second kappa shape index (κ2) is 13.6. The fourth-order valence-electron chi connectivity index (χ4n) is 2.42. The topological polar surface area (TPSA) is 97.1 Å². The zero-order chi connectivity index (χ0) is 21.1.